The molecule has 3 nitrogen and oxygen atoms in total. The van der Waals surface area contributed by atoms with Crippen LogP contribution < -0.4 is 5.32 Å². The predicted molar refractivity (Wildman–Crippen MR) is 107 cm³/mol. The van der Waals surface area contributed by atoms with Crippen LogP contribution in [-0.4, -0.2) is 18.4 Å². The molecule has 2 rings (SSSR count). The molecule has 1 fully saturated rings. The van der Waals surface area contributed by atoms with Gasteiger partial charge in [-0.3, -0.25) is 14.0 Å². The van der Waals surface area contributed by atoms with Gasteiger partial charge in [-0.2, -0.15) is 13.2 Å². The summed E-state index contributed by atoms with van der Waals surface area (Å²) in [6.07, 6.45) is -0.662. The molecule has 0 unspecified atom stereocenters. The van der Waals surface area contributed by atoms with Crippen LogP contribution in [0.4, 0.5) is 32.0 Å². The van der Waals surface area contributed by atoms with Crippen LogP contribution in [0.5, 0.6) is 0 Å². The highest BCUT2D eigenvalue weighted by atomic mass is 19.4. The number of carbonyl (C=O) groups excluding carboxylic acids is 2. The molecule has 31 heavy (non-hydrogen) atoms. The van der Waals surface area contributed by atoms with Gasteiger partial charge in [-0.05, 0) is 43.9 Å². The van der Waals surface area contributed by atoms with Crippen LogP contribution in [0.1, 0.15) is 70.9 Å². The second kappa shape index (κ2) is 10.5. The van der Waals surface area contributed by atoms with E-state index in [1.54, 1.807) is 13.8 Å². The molecule has 1 aromatic rings. The summed E-state index contributed by atoms with van der Waals surface area (Å²) in [6.45, 7) is 4.54. The molecule has 1 aromatic carbocycles. The number of alkyl halides is 6. The number of anilines is 1. The Morgan fingerprint density at radius 1 is 0.968 bits per heavy atom. The molecule has 0 heterocycles. The Morgan fingerprint density at radius 3 is 1.87 bits per heavy atom. The third kappa shape index (κ3) is 8.91. The van der Waals surface area contributed by atoms with Gasteiger partial charge in [0.1, 0.15) is 12.5 Å². The second-order valence-electron chi connectivity index (χ2n) is 8.66. The van der Waals surface area contributed by atoms with Gasteiger partial charge in [0.15, 0.2) is 0 Å². The van der Waals surface area contributed by atoms with E-state index in [2.05, 4.69) is 5.32 Å². The molecule has 0 atom stereocenters. The number of benzene rings is 1. The van der Waals surface area contributed by atoms with Crippen molar-refractivity contribution in [2.45, 2.75) is 71.9 Å². The van der Waals surface area contributed by atoms with Crippen LogP contribution in [-0.2, 0) is 21.7 Å². The van der Waals surface area contributed by atoms with Gasteiger partial charge in [-0.1, -0.05) is 26.7 Å². The SMILES string of the molecule is CC(=O)C(C)(C)CF.CC(F)(F)c1cc(NC(=O)CC2CCCC2)cc(C(F)(F)F)c1. The molecule has 0 aliphatic heterocycles. The van der Waals surface area contributed by atoms with Gasteiger partial charge in [0, 0.05) is 24.6 Å². The number of ketones is 1. The molecule has 1 aliphatic rings. The zero-order chi connectivity index (χ0) is 24.0. The number of carbonyl (C=O) groups is 2. The Balaban J connectivity index is 0.000000512. The molecular formula is C22H29F6NO2. The van der Waals surface area contributed by atoms with Crippen molar-refractivity contribution in [3.05, 3.63) is 29.3 Å². The summed E-state index contributed by atoms with van der Waals surface area (Å²) in [5.41, 5.74) is -2.99. The lowest BCUT2D eigenvalue weighted by atomic mass is 9.91. The van der Waals surface area contributed by atoms with Gasteiger partial charge in [0.05, 0.1) is 11.0 Å². The van der Waals surface area contributed by atoms with E-state index < -0.39 is 41.2 Å². The average molecular weight is 453 g/mol. The number of halogens is 6. The number of hydrogen-bond acceptors (Lipinski definition) is 2. The average Bonchev–Trinajstić information content (AvgIpc) is 3.13. The highest BCUT2D eigenvalue weighted by Gasteiger charge is 2.34. The third-order valence-electron chi connectivity index (χ3n) is 5.29. The number of hydrogen-bond donors (Lipinski definition) is 1. The van der Waals surface area contributed by atoms with E-state index >= 15 is 0 Å². The van der Waals surface area contributed by atoms with Crippen molar-refractivity contribution in [2.75, 3.05) is 12.0 Å². The standard InChI is InChI=1S/C16H18F5NO.C6H11FO/c1-15(17,18)11-7-12(16(19,20)21)9-13(8-11)22-14(23)6-10-4-2-3-5-10;1-5(8)6(2,3)4-7/h7-10H,2-6H2,1H3,(H,22,23);4H2,1-3H3. The van der Waals surface area contributed by atoms with Crippen molar-refractivity contribution in [1.29, 1.82) is 0 Å². The van der Waals surface area contributed by atoms with Crippen molar-refractivity contribution in [2.24, 2.45) is 11.3 Å². The molecule has 0 spiro atoms. The lowest BCUT2D eigenvalue weighted by Crippen LogP contribution is -2.23. The number of nitrogens with one attached hydrogen (secondary N) is 1. The van der Waals surface area contributed by atoms with E-state index in [0.717, 1.165) is 31.7 Å². The van der Waals surface area contributed by atoms with E-state index in [0.29, 0.717) is 19.1 Å². The van der Waals surface area contributed by atoms with Gasteiger partial charge in [0.2, 0.25) is 5.91 Å². The van der Waals surface area contributed by atoms with Gasteiger partial charge >= 0.3 is 6.18 Å². The van der Waals surface area contributed by atoms with Crippen LogP contribution >= 0.6 is 0 Å². The minimum absolute atomic E-state index is 0.0972. The number of amides is 1. The second-order valence-corrected chi connectivity index (χ2v) is 8.66. The molecule has 176 valence electrons. The molecule has 0 radical (unpaired) electrons. The third-order valence-corrected chi connectivity index (χ3v) is 5.29. The van der Waals surface area contributed by atoms with Crippen LogP contribution in [0.25, 0.3) is 0 Å². The first-order valence-corrected chi connectivity index (χ1v) is 10.0. The van der Waals surface area contributed by atoms with Crippen LogP contribution in [0, 0.1) is 11.3 Å². The fourth-order valence-electron chi connectivity index (χ4n) is 2.90. The first-order chi connectivity index (χ1) is 14.1. The zero-order valence-electron chi connectivity index (χ0n) is 18.1. The molecule has 9 heteroatoms. The molecular weight excluding hydrogens is 424 g/mol. The summed E-state index contributed by atoms with van der Waals surface area (Å²) in [6, 6.07) is 1.98. The summed E-state index contributed by atoms with van der Waals surface area (Å²) >= 11 is 0. The molecule has 1 N–H and O–H groups in total. The summed E-state index contributed by atoms with van der Waals surface area (Å²) in [5, 5.41) is 2.32. The monoisotopic (exact) mass is 453 g/mol. The highest BCUT2D eigenvalue weighted by molar-refractivity contribution is 5.91. The van der Waals surface area contributed by atoms with E-state index in [1.807, 2.05) is 0 Å². The lowest BCUT2D eigenvalue weighted by Gasteiger charge is -2.17. The van der Waals surface area contributed by atoms with E-state index in [1.165, 1.54) is 6.92 Å². The van der Waals surface area contributed by atoms with Crippen LogP contribution in [0.2, 0.25) is 0 Å². The van der Waals surface area contributed by atoms with Crippen molar-refractivity contribution in [3.63, 3.8) is 0 Å². The molecule has 1 saturated carbocycles. The first-order valence-electron chi connectivity index (χ1n) is 10.0. The zero-order valence-corrected chi connectivity index (χ0v) is 18.1. The fraction of sp³-hybridized carbons (Fsp3) is 0.636. The topological polar surface area (TPSA) is 46.2 Å². The first kappa shape index (κ1) is 27.0. The number of rotatable bonds is 6. The number of Topliss-reactive ketones (excluding diaryl/α,β-unsaturated/α-hetero) is 1. The normalized spacial score (nSPS) is 15.3. The van der Waals surface area contributed by atoms with Gasteiger partial charge < -0.3 is 5.32 Å². The largest absolute Gasteiger partial charge is 0.416 e. The van der Waals surface area contributed by atoms with Crippen LogP contribution in [0.15, 0.2) is 18.2 Å². The Labute approximate surface area is 178 Å². The lowest BCUT2D eigenvalue weighted by molar-refractivity contribution is -0.137. The van der Waals surface area contributed by atoms with E-state index in [9.17, 15) is 35.9 Å². The fourth-order valence-corrected chi connectivity index (χ4v) is 2.90. The Morgan fingerprint density at radius 2 is 1.48 bits per heavy atom. The maximum atomic E-state index is 13.4. The smallest absolute Gasteiger partial charge is 0.326 e. The summed E-state index contributed by atoms with van der Waals surface area (Å²) < 4.78 is 77.1. The molecule has 0 saturated heterocycles. The Kier molecular flexibility index (Phi) is 9.14. The molecule has 0 bridgehead atoms. The van der Waals surface area contributed by atoms with Crippen molar-refractivity contribution in [3.8, 4) is 0 Å². The minimum atomic E-state index is -4.76. The van der Waals surface area contributed by atoms with Gasteiger partial charge in [-0.25, -0.2) is 8.78 Å². The maximum Gasteiger partial charge on any atom is 0.416 e. The summed E-state index contributed by atoms with van der Waals surface area (Å²) in [4.78, 5) is 22.4. The van der Waals surface area contributed by atoms with Crippen molar-refractivity contribution >= 4 is 17.4 Å². The molecule has 1 aliphatic carbocycles. The van der Waals surface area contributed by atoms with E-state index in [-0.39, 0.29) is 23.8 Å². The highest BCUT2D eigenvalue weighted by Crippen LogP contribution is 2.37. The maximum absolute atomic E-state index is 13.4. The van der Waals surface area contributed by atoms with E-state index in [4.69, 9.17) is 0 Å². The van der Waals surface area contributed by atoms with Crippen molar-refractivity contribution in [1.82, 2.24) is 0 Å². The molecule has 0 aromatic heterocycles. The van der Waals surface area contributed by atoms with Crippen LogP contribution in [0.3, 0.4) is 0 Å². The molecule has 1 amide bonds. The quantitative estimate of drug-likeness (QED) is 0.476. The summed E-state index contributed by atoms with van der Waals surface area (Å²) in [5.74, 6) is -3.75. The predicted octanol–water partition coefficient (Wildman–Crippen LogP) is 6.91. The van der Waals surface area contributed by atoms with Gasteiger partial charge in [0.25, 0.3) is 5.92 Å². The summed E-state index contributed by atoms with van der Waals surface area (Å²) in [7, 11) is 0. The Bertz CT molecular complexity index is 730. The minimum Gasteiger partial charge on any atom is -0.326 e. The van der Waals surface area contributed by atoms with Gasteiger partial charge in [-0.15, -0.1) is 0 Å². The van der Waals surface area contributed by atoms with Crippen molar-refractivity contribution < 1.29 is 35.9 Å². The Hall–Kier alpha value is -2.06.